The lowest BCUT2D eigenvalue weighted by atomic mass is 9.90. The van der Waals surface area contributed by atoms with Crippen LogP contribution in [0.15, 0.2) is 42.5 Å². The Kier molecular flexibility index (Phi) is 6.50. The minimum Gasteiger partial charge on any atom is -0.449 e. The Labute approximate surface area is 167 Å². The zero-order valence-corrected chi connectivity index (χ0v) is 17.0. The molecule has 0 radical (unpaired) electrons. The highest BCUT2D eigenvalue weighted by atomic mass is 16.5. The summed E-state index contributed by atoms with van der Waals surface area (Å²) in [6.45, 7) is 5.86. The van der Waals surface area contributed by atoms with E-state index in [2.05, 4.69) is 19.2 Å². The summed E-state index contributed by atoms with van der Waals surface area (Å²) in [5.74, 6) is -0.432. The fraction of sp³-hybridized carbons (Fsp3) is 0.417. The summed E-state index contributed by atoms with van der Waals surface area (Å²) in [7, 11) is 0. The molecule has 0 unspecified atom stereocenters. The van der Waals surface area contributed by atoms with Gasteiger partial charge < -0.3 is 10.1 Å². The Bertz CT molecular complexity index is 859. The van der Waals surface area contributed by atoms with Crippen LogP contribution in [0.4, 0.5) is 5.69 Å². The maximum absolute atomic E-state index is 12.6. The highest BCUT2D eigenvalue weighted by Gasteiger charge is 2.21. The van der Waals surface area contributed by atoms with Gasteiger partial charge in [0.25, 0.3) is 5.91 Å². The van der Waals surface area contributed by atoms with Crippen LogP contribution in [0.25, 0.3) is 0 Å². The summed E-state index contributed by atoms with van der Waals surface area (Å²) in [5, 5.41) is 2.92. The lowest BCUT2D eigenvalue weighted by molar-refractivity contribution is -0.123. The van der Waals surface area contributed by atoms with Crippen molar-refractivity contribution in [1.82, 2.24) is 0 Å². The number of carbonyl (C=O) groups is 2. The second kappa shape index (κ2) is 9.05. The van der Waals surface area contributed by atoms with Crippen molar-refractivity contribution in [3.05, 3.63) is 64.7 Å². The van der Waals surface area contributed by atoms with Gasteiger partial charge in [-0.2, -0.15) is 0 Å². The van der Waals surface area contributed by atoms with Gasteiger partial charge in [0.1, 0.15) is 0 Å². The van der Waals surface area contributed by atoms with Crippen LogP contribution >= 0.6 is 0 Å². The molecular formula is C24H29NO3. The average Bonchev–Trinajstić information content (AvgIpc) is 2.73. The van der Waals surface area contributed by atoms with Crippen LogP contribution in [-0.4, -0.2) is 18.0 Å². The second-order valence-corrected chi connectivity index (χ2v) is 7.62. The fourth-order valence-electron chi connectivity index (χ4n) is 3.64. The summed E-state index contributed by atoms with van der Waals surface area (Å²) in [6.07, 6.45) is 4.54. The third-order valence-corrected chi connectivity index (χ3v) is 5.60. The topological polar surface area (TPSA) is 55.4 Å². The molecular weight excluding hydrogens is 350 g/mol. The monoisotopic (exact) mass is 379 g/mol. The molecule has 0 fully saturated rings. The molecule has 148 valence electrons. The molecule has 3 rings (SSSR count). The van der Waals surface area contributed by atoms with Crippen LogP contribution in [0.1, 0.15) is 73.0 Å². The Hall–Kier alpha value is -2.62. The zero-order chi connectivity index (χ0) is 20.1. The molecule has 0 aromatic heterocycles. The van der Waals surface area contributed by atoms with Crippen LogP contribution in [0.2, 0.25) is 0 Å². The molecule has 0 heterocycles. The normalized spacial score (nSPS) is 15.2. The Morgan fingerprint density at radius 2 is 1.75 bits per heavy atom. The molecule has 1 amide bonds. The van der Waals surface area contributed by atoms with E-state index in [4.69, 9.17) is 4.74 Å². The first-order valence-electron chi connectivity index (χ1n) is 10.2. The predicted octanol–water partition coefficient (Wildman–Crippen LogP) is 5.26. The smallest absolute Gasteiger partial charge is 0.338 e. The summed E-state index contributed by atoms with van der Waals surface area (Å²) in [6, 6.07) is 13.5. The molecule has 0 saturated heterocycles. The number of ether oxygens (including phenoxy) is 1. The first-order valence-corrected chi connectivity index (χ1v) is 10.2. The fourth-order valence-corrected chi connectivity index (χ4v) is 3.64. The third-order valence-electron chi connectivity index (χ3n) is 5.60. The number of benzene rings is 2. The number of carbonyl (C=O) groups excluding carboxylic acids is 2. The second-order valence-electron chi connectivity index (χ2n) is 7.62. The van der Waals surface area contributed by atoms with Gasteiger partial charge in [-0.1, -0.05) is 38.1 Å². The van der Waals surface area contributed by atoms with Gasteiger partial charge in [0.2, 0.25) is 0 Å². The molecule has 0 saturated carbocycles. The number of fused-ring (bicyclic) bond motifs is 1. The van der Waals surface area contributed by atoms with Gasteiger partial charge in [-0.25, -0.2) is 4.79 Å². The van der Waals surface area contributed by atoms with E-state index in [1.807, 2.05) is 36.4 Å². The van der Waals surface area contributed by atoms with Gasteiger partial charge in [-0.05, 0) is 79.8 Å². The van der Waals surface area contributed by atoms with Crippen molar-refractivity contribution >= 4 is 17.6 Å². The first-order chi connectivity index (χ1) is 13.5. The highest BCUT2D eigenvalue weighted by Crippen LogP contribution is 2.27. The molecule has 1 aliphatic rings. The molecule has 0 spiro atoms. The van der Waals surface area contributed by atoms with E-state index in [1.54, 1.807) is 13.0 Å². The van der Waals surface area contributed by atoms with Crippen molar-refractivity contribution in [3.63, 3.8) is 0 Å². The number of nitrogens with one attached hydrogen (secondary N) is 1. The van der Waals surface area contributed by atoms with Crippen molar-refractivity contribution in [2.24, 2.45) is 0 Å². The number of hydrogen-bond donors (Lipinski definition) is 1. The Balaban J connectivity index is 1.65. The van der Waals surface area contributed by atoms with Crippen molar-refractivity contribution in [2.45, 2.75) is 64.9 Å². The van der Waals surface area contributed by atoms with Gasteiger partial charge in [-0.15, -0.1) is 0 Å². The number of anilines is 1. The minimum atomic E-state index is -0.867. The summed E-state index contributed by atoms with van der Waals surface area (Å²) in [4.78, 5) is 25.1. The van der Waals surface area contributed by atoms with Crippen LogP contribution in [0.3, 0.4) is 0 Å². The average molecular weight is 380 g/mol. The van der Waals surface area contributed by atoms with Crippen LogP contribution in [0.5, 0.6) is 0 Å². The van der Waals surface area contributed by atoms with Gasteiger partial charge in [0.05, 0.1) is 5.56 Å². The standard InChI is InChI=1S/C24H29NO3/c1-4-16(2)21-11-7-8-12-22(21)25-23(26)17(3)28-24(27)20-14-13-18-9-5-6-10-19(18)15-20/h7-8,11-17H,4-6,9-10H2,1-3H3,(H,25,26)/t16-,17-/m1/s1. The first kappa shape index (κ1) is 20.1. The molecule has 2 aromatic carbocycles. The largest absolute Gasteiger partial charge is 0.449 e. The van der Waals surface area contributed by atoms with Crippen molar-refractivity contribution in [1.29, 1.82) is 0 Å². The van der Waals surface area contributed by atoms with Crippen LogP contribution < -0.4 is 5.32 Å². The SMILES string of the molecule is CC[C@@H](C)c1ccccc1NC(=O)[C@@H](C)OC(=O)c1ccc2c(c1)CCCC2. The maximum Gasteiger partial charge on any atom is 0.338 e. The van der Waals surface area contributed by atoms with E-state index in [9.17, 15) is 9.59 Å². The quantitative estimate of drug-likeness (QED) is 0.696. The maximum atomic E-state index is 12.6. The Morgan fingerprint density at radius 1 is 1.04 bits per heavy atom. The van der Waals surface area contributed by atoms with Crippen molar-refractivity contribution < 1.29 is 14.3 Å². The molecule has 2 atom stereocenters. The molecule has 4 nitrogen and oxygen atoms in total. The van der Waals surface area contributed by atoms with E-state index < -0.39 is 12.1 Å². The third kappa shape index (κ3) is 4.61. The summed E-state index contributed by atoms with van der Waals surface area (Å²) >= 11 is 0. The summed E-state index contributed by atoms with van der Waals surface area (Å²) in [5.41, 5.74) is 4.92. The molecule has 0 bridgehead atoms. The van der Waals surface area contributed by atoms with Crippen molar-refractivity contribution in [3.8, 4) is 0 Å². The lowest BCUT2D eigenvalue weighted by Gasteiger charge is -2.19. The van der Waals surface area contributed by atoms with Gasteiger partial charge >= 0.3 is 5.97 Å². The number of para-hydroxylation sites is 1. The Morgan fingerprint density at radius 3 is 2.50 bits per heavy atom. The van der Waals surface area contributed by atoms with Crippen LogP contribution in [0, 0.1) is 0 Å². The van der Waals surface area contributed by atoms with Gasteiger partial charge in [-0.3, -0.25) is 4.79 Å². The lowest BCUT2D eigenvalue weighted by Crippen LogP contribution is -2.30. The van der Waals surface area contributed by atoms with E-state index in [1.165, 1.54) is 17.5 Å². The molecule has 0 aliphatic heterocycles. The molecule has 28 heavy (non-hydrogen) atoms. The van der Waals surface area contributed by atoms with E-state index in [-0.39, 0.29) is 5.91 Å². The number of amides is 1. The zero-order valence-electron chi connectivity index (χ0n) is 17.0. The van der Waals surface area contributed by atoms with E-state index in [0.717, 1.165) is 36.9 Å². The van der Waals surface area contributed by atoms with E-state index >= 15 is 0 Å². The molecule has 2 aromatic rings. The molecule has 1 N–H and O–H groups in total. The van der Waals surface area contributed by atoms with Gasteiger partial charge in [0, 0.05) is 5.69 Å². The number of rotatable bonds is 6. The van der Waals surface area contributed by atoms with Gasteiger partial charge in [0.15, 0.2) is 6.10 Å². The minimum absolute atomic E-state index is 0.318. The number of aryl methyl sites for hydroxylation is 2. The van der Waals surface area contributed by atoms with Crippen molar-refractivity contribution in [2.75, 3.05) is 5.32 Å². The molecule has 4 heteroatoms. The number of hydrogen-bond acceptors (Lipinski definition) is 3. The summed E-state index contributed by atoms with van der Waals surface area (Å²) < 4.78 is 5.44. The van der Waals surface area contributed by atoms with Crippen LogP contribution in [-0.2, 0) is 22.4 Å². The van der Waals surface area contributed by atoms with E-state index in [0.29, 0.717) is 11.5 Å². The highest BCUT2D eigenvalue weighted by molar-refractivity contribution is 5.97. The predicted molar refractivity (Wildman–Crippen MR) is 112 cm³/mol. The molecule has 1 aliphatic carbocycles. The number of esters is 1.